The first-order chi connectivity index (χ1) is 13.5. The predicted molar refractivity (Wildman–Crippen MR) is 108 cm³/mol. The van der Waals surface area contributed by atoms with Gasteiger partial charge in [0.25, 0.3) is 5.91 Å². The number of hydrogen-bond acceptors (Lipinski definition) is 3. The summed E-state index contributed by atoms with van der Waals surface area (Å²) in [6, 6.07) is 17.5. The van der Waals surface area contributed by atoms with Crippen molar-refractivity contribution in [2.24, 2.45) is 0 Å². The summed E-state index contributed by atoms with van der Waals surface area (Å²) in [5.41, 5.74) is 2.71. The molecule has 2 aromatic heterocycles. The van der Waals surface area contributed by atoms with E-state index >= 15 is 0 Å². The van der Waals surface area contributed by atoms with Crippen molar-refractivity contribution in [3.63, 3.8) is 0 Å². The average Bonchev–Trinajstić information content (AvgIpc) is 3.14. The van der Waals surface area contributed by atoms with Crippen LogP contribution in [0.25, 0.3) is 22.3 Å². The molecule has 0 bridgehead atoms. The Morgan fingerprint density at radius 2 is 1.79 bits per heavy atom. The fraction of sp³-hybridized carbons (Fsp3) is 0.136. The molecule has 0 saturated heterocycles. The molecule has 1 amide bonds. The first-order valence-electron chi connectivity index (χ1n) is 9.04. The molecule has 0 aliphatic heterocycles. The molecule has 6 heteroatoms. The third-order valence-electron chi connectivity index (χ3n) is 4.49. The normalized spacial score (nSPS) is 11.1. The lowest BCUT2D eigenvalue weighted by molar-refractivity contribution is 0.102. The van der Waals surface area contributed by atoms with Gasteiger partial charge in [-0.15, -0.1) is 0 Å². The third kappa shape index (κ3) is 3.24. The van der Waals surface area contributed by atoms with Crippen molar-refractivity contribution in [3.05, 3.63) is 78.2 Å². The lowest BCUT2D eigenvalue weighted by atomic mass is 10.1. The Labute approximate surface area is 161 Å². The van der Waals surface area contributed by atoms with Crippen LogP contribution in [0, 0.1) is 5.82 Å². The zero-order chi connectivity index (χ0) is 19.7. The predicted octanol–water partition coefficient (Wildman–Crippen LogP) is 5.07. The maximum Gasteiger partial charge on any atom is 0.256 e. The standard InChI is InChI=1S/C22H19FN4O/c1-14(2)27-21-17(13-24-27)16(12-20(25-21)15-8-4-3-5-9-15)22(28)26-19-11-7-6-10-18(19)23/h3-14H,1-2H3,(H,26,28). The topological polar surface area (TPSA) is 59.8 Å². The molecular weight excluding hydrogens is 355 g/mol. The van der Waals surface area contributed by atoms with E-state index < -0.39 is 11.7 Å². The molecule has 0 unspecified atom stereocenters. The molecule has 0 aliphatic carbocycles. The minimum Gasteiger partial charge on any atom is -0.319 e. The molecule has 2 heterocycles. The second-order valence-corrected chi connectivity index (χ2v) is 6.78. The molecule has 0 saturated carbocycles. The van der Waals surface area contributed by atoms with E-state index in [0.29, 0.717) is 22.3 Å². The van der Waals surface area contributed by atoms with Crippen molar-refractivity contribution >= 4 is 22.6 Å². The number of para-hydroxylation sites is 1. The smallest absolute Gasteiger partial charge is 0.256 e. The average molecular weight is 374 g/mol. The number of hydrogen-bond donors (Lipinski definition) is 1. The maximum absolute atomic E-state index is 14.0. The van der Waals surface area contributed by atoms with Crippen molar-refractivity contribution in [2.75, 3.05) is 5.32 Å². The Hall–Kier alpha value is -3.54. The van der Waals surface area contributed by atoms with Crippen LogP contribution in [0.2, 0.25) is 0 Å². The van der Waals surface area contributed by atoms with Crippen LogP contribution >= 0.6 is 0 Å². The van der Waals surface area contributed by atoms with Crippen molar-refractivity contribution in [1.29, 1.82) is 0 Å². The van der Waals surface area contributed by atoms with Gasteiger partial charge in [-0.3, -0.25) is 4.79 Å². The van der Waals surface area contributed by atoms with Crippen molar-refractivity contribution in [3.8, 4) is 11.3 Å². The summed E-state index contributed by atoms with van der Waals surface area (Å²) in [5.74, 6) is -0.889. The molecule has 28 heavy (non-hydrogen) atoms. The number of fused-ring (bicyclic) bond motifs is 1. The van der Waals surface area contributed by atoms with Crippen LogP contribution in [0.3, 0.4) is 0 Å². The van der Waals surface area contributed by atoms with Crippen LogP contribution in [0.1, 0.15) is 30.2 Å². The quantitative estimate of drug-likeness (QED) is 0.542. The summed E-state index contributed by atoms with van der Waals surface area (Å²) < 4.78 is 15.8. The number of benzene rings is 2. The van der Waals surface area contributed by atoms with E-state index in [1.807, 2.05) is 44.2 Å². The zero-order valence-corrected chi connectivity index (χ0v) is 15.6. The van der Waals surface area contributed by atoms with Crippen molar-refractivity contribution in [2.45, 2.75) is 19.9 Å². The summed E-state index contributed by atoms with van der Waals surface area (Å²) in [7, 11) is 0. The van der Waals surface area contributed by atoms with E-state index in [1.165, 1.54) is 12.1 Å². The van der Waals surface area contributed by atoms with Crippen LogP contribution in [-0.4, -0.2) is 20.7 Å². The van der Waals surface area contributed by atoms with Crippen molar-refractivity contribution in [1.82, 2.24) is 14.8 Å². The number of nitrogens with one attached hydrogen (secondary N) is 1. The zero-order valence-electron chi connectivity index (χ0n) is 15.6. The number of nitrogens with zero attached hydrogens (tertiary/aromatic N) is 3. The Morgan fingerprint density at radius 3 is 2.50 bits per heavy atom. The SMILES string of the molecule is CC(C)n1ncc2c(C(=O)Nc3ccccc3F)cc(-c3ccccc3)nc21. The molecule has 0 radical (unpaired) electrons. The summed E-state index contributed by atoms with van der Waals surface area (Å²) in [5, 5.41) is 7.68. The lowest BCUT2D eigenvalue weighted by Crippen LogP contribution is -2.14. The van der Waals surface area contributed by atoms with Crippen LogP contribution in [-0.2, 0) is 0 Å². The van der Waals surface area contributed by atoms with E-state index in [2.05, 4.69) is 10.4 Å². The molecule has 4 rings (SSSR count). The molecule has 0 fully saturated rings. The Kier molecular flexibility index (Phi) is 4.61. The van der Waals surface area contributed by atoms with Gasteiger partial charge >= 0.3 is 0 Å². The molecule has 2 aromatic carbocycles. The number of aromatic nitrogens is 3. The molecule has 5 nitrogen and oxygen atoms in total. The summed E-state index contributed by atoms with van der Waals surface area (Å²) in [4.78, 5) is 17.7. The van der Waals surface area contributed by atoms with Gasteiger partial charge in [0.15, 0.2) is 5.65 Å². The molecule has 4 aromatic rings. The van der Waals surface area contributed by atoms with E-state index in [1.54, 1.807) is 29.1 Å². The number of amides is 1. The Balaban J connectivity index is 1.86. The summed E-state index contributed by atoms with van der Waals surface area (Å²) in [6.07, 6.45) is 1.63. The third-order valence-corrected chi connectivity index (χ3v) is 4.49. The molecule has 0 spiro atoms. The van der Waals surface area contributed by atoms with Gasteiger partial charge in [0, 0.05) is 11.6 Å². The van der Waals surface area contributed by atoms with Gasteiger partial charge in [-0.1, -0.05) is 42.5 Å². The first-order valence-corrected chi connectivity index (χ1v) is 9.04. The fourth-order valence-electron chi connectivity index (χ4n) is 3.09. The van der Waals surface area contributed by atoms with Gasteiger partial charge in [0.1, 0.15) is 5.82 Å². The molecular formula is C22H19FN4O. The molecule has 0 atom stereocenters. The fourth-order valence-corrected chi connectivity index (χ4v) is 3.09. The Morgan fingerprint density at radius 1 is 1.07 bits per heavy atom. The van der Waals surface area contributed by atoms with Crippen LogP contribution in [0.15, 0.2) is 66.9 Å². The summed E-state index contributed by atoms with van der Waals surface area (Å²) >= 11 is 0. The van der Waals surface area contributed by atoms with Crippen LogP contribution in [0.5, 0.6) is 0 Å². The second kappa shape index (κ2) is 7.23. The number of anilines is 1. The second-order valence-electron chi connectivity index (χ2n) is 6.78. The highest BCUT2D eigenvalue weighted by atomic mass is 19.1. The largest absolute Gasteiger partial charge is 0.319 e. The Bertz CT molecular complexity index is 1150. The minimum absolute atomic E-state index is 0.0819. The number of halogens is 1. The van der Waals surface area contributed by atoms with Gasteiger partial charge in [-0.2, -0.15) is 5.10 Å². The highest BCUT2D eigenvalue weighted by molar-refractivity contribution is 6.12. The van der Waals surface area contributed by atoms with Crippen LogP contribution < -0.4 is 5.32 Å². The van der Waals surface area contributed by atoms with Gasteiger partial charge < -0.3 is 5.32 Å². The molecule has 140 valence electrons. The number of pyridine rings is 1. The van der Waals surface area contributed by atoms with Crippen LogP contribution in [0.4, 0.5) is 10.1 Å². The lowest BCUT2D eigenvalue weighted by Gasteiger charge is -2.11. The van der Waals surface area contributed by atoms with Gasteiger partial charge in [-0.05, 0) is 32.0 Å². The molecule has 0 aliphatic rings. The minimum atomic E-state index is -0.484. The number of carbonyl (C=O) groups is 1. The number of rotatable bonds is 4. The summed E-state index contributed by atoms with van der Waals surface area (Å²) in [6.45, 7) is 4.00. The molecule has 1 N–H and O–H groups in total. The highest BCUT2D eigenvalue weighted by Gasteiger charge is 2.19. The van der Waals surface area contributed by atoms with Gasteiger partial charge in [-0.25, -0.2) is 14.1 Å². The highest BCUT2D eigenvalue weighted by Crippen LogP contribution is 2.27. The number of carbonyl (C=O) groups excluding carboxylic acids is 1. The van der Waals surface area contributed by atoms with E-state index in [4.69, 9.17) is 4.98 Å². The monoisotopic (exact) mass is 374 g/mol. The van der Waals surface area contributed by atoms with E-state index in [-0.39, 0.29) is 11.7 Å². The van der Waals surface area contributed by atoms with E-state index in [9.17, 15) is 9.18 Å². The van der Waals surface area contributed by atoms with E-state index in [0.717, 1.165) is 5.56 Å². The van der Waals surface area contributed by atoms with Gasteiger partial charge in [0.05, 0.1) is 28.5 Å². The maximum atomic E-state index is 14.0. The first kappa shape index (κ1) is 17.9. The van der Waals surface area contributed by atoms with Gasteiger partial charge in [0.2, 0.25) is 0 Å². The van der Waals surface area contributed by atoms with Crippen molar-refractivity contribution < 1.29 is 9.18 Å².